The molecule has 1 aromatic heterocycles. The third-order valence-corrected chi connectivity index (χ3v) is 4.57. The minimum atomic E-state index is -0.306. The Balaban J connectivity index is 1.56. The van der Waals surface area contributed by atoms with Crippen molar-refractivity contribution in [3.63, 3.8) is 0 Å². The number of aromatic hydroxyl groups is 1. The number of rotatable bonds is 9. The minimum Gasteiger partial charge on any atom is -0.504 e. The van der Waals surface area contributed by atoms with Crippen LogP contribution >= 0.6 is 11.3 Å². The standard InChI is InChI=1S/C21H21N3O4S/c1-2-27-20(26)11-17-14-29-21(23-17)24-22-12-16-8-9-18(25)19(10-16)28-13-15-6-4-3-5-7-15/h3-10,12,14,25H,2,11,13H2,1H3,(H,23,24). The summed E-state index contributed by atoms with van der Waals surface area (Å²) in [5, 5.41) is 16.5. The summed E-state index contributed by atoms with van der Waals surface area (Å²) >= 11 is 1.35. The van der Waals surface area contributed by atoms with E-state index in [9.17, 15) is 9.90 Å². The molecule has 150 valence electrons. The van der Waals surface area contributed by atoms with E-state index in [4.69, 9.17) is 9.47 Å². The van der Waals surface area contributed by atoms with Crippen LogP contribution in [0.4, 0.5) is 5.13 Å². The van der Waals surface area contributed by atoms with Gasteiger partial charge in [-0.25, -0.2) is 4.98 Å². The van der Waals surface area contributed by atoms with Gasteiger partial charge in [-0.3, -0.25) is 10.2 Å². The average Bonchev–Trinajstić information content (AvgIpc) is 3.16. The van der Waals surface area contributed by atoms with Gasteiger partial charge in [-0.15, -0.1) is 11.3 Å². The second kappa shape index (κ2) is 10.2. The summed E-state index contributed by atoms with van der Waals surface area (Å²) in [6.07, 6.45) is 1.73. The summed E-state index contributed by atoms with van der Waals surface area (Å²) in [6, 6.07) is 14.7. The van der Waals surface area contributed by atoms with Crippen molar-refractivity contribution in [2.45, 2.75) is 20.0 Å². The molecule has 0 aliphatic carbocycles. The number of nitrogens with one attached hydrogen (secondary N) is 1. The lowest BCUT2D eigenvalue weighted by Crippen LogP contribution is -2.07. The molecule has 29 heavy (non-hydrogen) atoms. The molecule has 3 aromatic rings. The number of aromatic nitrogens is 1. The van der Waals surface area contributed by atoms with E-state index >= 15 is 0 Å². The average molecular weight is 411 g/mol. The summed E-state index contributed by atoms with van der Waals surface area (Å²) in [4.78, 5) is 15.8. The summed E-state index contributed by atoms with van der Waals surface area (Å²) in [7, 11) is 0. The second-order valence-corrected chi connectivity index (χ2v) is 6.86. The van der Waals surface area contributed by atoms with Crippen molar-refractivity contribution in [3.8, 4) is 11.5 Å². The summed E-state index contributed by atoms with van der Waals surface area (Å²) < 4.78 is 10.6. The summed E-state index contributed by atoms with van der Waals surface area (Å²) in [6.45, 7) is 2.47. The molecular weight excluding hydrogens is 390 g/mol. The molecule has 0 saturated heterocycles. The van der Waals surface area contributed by atoms with Gasteiger partial charge in [0.25, 0.3) is 0 Å². The van der Waals surface area contributed by atoms with Gasteiger partial charge in [0.05, 0.1) is 24.9 Å². The van der Waals surface area contributed by atoms with Gasteiger partial charge < -0.3 is 14.6 Å². The third kappa shape index (κ3) is 6.32. The van der Waals surface area contributed by atoms with Crippen LogP contribution in [0.3, 0.4) is 0 Å². The zero-order valence-electron chi connectivity index (χ0n) is 15.9. The van der Waals surface area contributed by atoms with Gasteiger partial charge in [-0.1, -0.05) is 30.3 Å². The SMILES string of the molecule is CCOC(=O)Cc1csc(NN=Cc2ccc(O)c(OCc3ccccc3)c2)n1. The Bertz CT molecular complexity index is 973. The van der Waals surface area contributed by atoms with Gasteiger partial charge in [-0.05, 0) is 36.2 Å². The minimum absolute atomic E-state index is 0.0644. The Labute approximate surface area is 172 Å². The van der Waals surface area contributed by atoms with E-state index in [2.05, 4.69) is 15.5 Å². The topological polar surface area (TPSA) is 93.0 Å². The molecule has 8 heteroatoms. The maximum absolute atomic E-state index is 11.5. The maximum atomic E-state index is 11.5. The van der Waals surface area contributed by atoms with Gasteiger partial charge in [0.2, 0.25) is 5.13 Å². The lowest BCUT2D eigenvalue weighted by molar-refractivity contribution is -0.142. The van der Waals surface area contributed by atoms with Gasteiger partial charge in [0, 0.05) is 5.38 Å². The number of benzene rings is 2. The van der Waals surface area contributed by atoms with Crippen LogP contribution in [0, 0.1) is 0 Å². The fourth-order valence-electron chi connectivity index (χ4n) is 2.42. The molecule has 7 nitrogen and oxygen atoms in total. The van der Waals surface area contributed by atoms with Crippen LogP contribution in [0.25, 0.3) is 0 Å². The Kier molecular flexibility index (Phi) is 7.18. The molecule has 2 N–H and O–H groups in total. The summed E-state index contributed by atoms with van der Waals surface area (Å²) in [5.74, 6) is 0.137. The number of anilines is 1. The largest absolute Gasteiger partial charge is 0.504 e. The van der Waals surface area contributed by atoms with Crippen LogP contribution in [0.1, 0.15) is 23.7 Å². The second-order valence-electron chi connectivity index (χ2n) is 6.00. The van der Waals surface area contributed by atoms with E-state index in [0.29, 0.717) is 29.8 Å². The first-order valence-corrected chi connectivity index (χ1v) is 9.91. The number of phenolic OH excluding ortho intramolecular Hbond substituents is 1. The van der Waals surface area contributed by atoms with Crippen LogP contribution in [0.15, 0.2) is 59.0 Å². The van der Waals surface area contributed by atoms with E-state index in [0.717, 1.165) is 11.1 Å². The predicted molar refractivity (Wildman–Crippen MR) is 113 cm³/mol. The molecule has 0 amide bonds. The van der Waals surface area contributed by atoms with Crippen molar-refractivity contribution < 1.29 is 19.4 Å². The quantitative estimate of drug-likeness (QED) is 0.314. The number of carbonyl (C=O) groups excluding carboxylic acids is 1. The maximum Gasteiger partial charge on any atom is 0.311 e. The monoisotopic (exact) mass is 411 g/mol. The first kappa shape index (κ1) is 20.3. The van der Waals surface area contributed by atoms with E-state index < -0.39 is 0 Å². The molecule has 2 aromatic carbocycles. The van der Waals surface area contributed by atoms with E-state index in [1.807, 2.05) is 30.3 Å². The highest BCUT2D eigenvalue weighted by atomic mass is 32.1. The first-order valence-electron chi connectivity index (χ1n) is 9.03. The van der Waals surface area contributed by atoms with Crippen LogP contribution < -0.4 is 10.2 Å². The molecule has 1 heterocycles. The number of nitrogens with zero attached hydrogens (tertiary/aromatic N) is 2. The number of thiazole rings is 1. The van der Waals surface area contributed by atoms with Crippen LogP contribution in [-0.2, 0) is 22.6 Å². The van der Waals surface area contributed by atoms with Gasteiger partial charge in [0.15, 0.2) is 11.5 Å². The molecule has 0 atom stereocenters. The van der Waals surface area contributed by atoms with Gasteiger partial charge in [0.1, 0.15) is 6.61 Å². The number of carbonyl (C=O) groups is 1. The van der Waals surface area contributed by atoms with Crippen LogP contribution in [0.5, 0.6) is 11.5 Å². The Morgan fingerprint density at radius 2 is 2.10 bits per heavy atom. The van der Waals surface area contributed by atoms with Crippen molar-refractivity contribution in [1.82, 2.24) is 4.98 Å². The van der Waals surface area contributed by atoms with E-state index in [1.165, 1.54) is 11.3 Å². The summed E-state index contributed by atoms with van der Waals surface area (Å²) in [5.41, 5.74) is 5.22. The van der Waals surface area contributed by atoms with Crippen molar-refractivity contribution in [3.05, 3.63) is 70.7 Å². The molecule has 0 unspecified atom stereocenters. The Hall–Kier alpha value is -3.39. The van der Waals surface area contributed by atoms with Crippen LogP contribution in [-0.4, -0.2) is 28.9 Å². The molecule has 0 fully saturated rings. The number of hydrazone groups is 1. The number of esters is 1. The lowest BCUT2D eigenvalue weighted by atomic mass is 10.2. The molecule has 0 aliphatic heterocycles. The third-order valence-electron chi connectivity index (χ3n) is 3.78. The zero-order chi connectivity index (χ0) is 20.5. The number of hydrogen-bond acceptors (Lipinski definition) is 8. The molecule has 0 spiro atoms. The molecule has 0 radical (unpaired) electrons. The Morgan fingerprint density at radius 3 is 2.90 bits per heavy atom. The van der Waals surface area contributed by atoms with Crippen molar-refractivity contribution in [2.75, 3.05) is 12.0 Å². The normalized spacial score (nSPS) is 10.8. The fraction of sp³-hybridized carbons (Fsp3) is 0.190. The smallest absolute Gasteiger partial charge is 0.311 e. The van der Waals surface area contributed by atoms with Crippen molar-refractivity contribution in [1.29, 1.82) is 0 Å². The molecule has 0 bridgehead atoms. The van der Waals surface area contributed by atoms with Crippen molar-refractivity contribution >= 4 is 28.7 Å². The highest BCUT2D eigenvalue weighted by molar-refractivity contribution is 7.13. The molecule has 0 aliphatic rings. The highest BCUT2D eigenvalue weighted by Gasteiger charge is 2.08. The van der Waals surface area contributed by atoms with Crippen molar-refractivity contribution in [2.24, 2.45) is 5.10 Å². The molecular formula is C21H21N3O4S. The predicted octanol–water partition coefficient (Wildman–Crippen LogP) is 3.98. The highest BCUT2D eigenvalue weighted by Crippen LogP contribution is 2.27. The molecule has 3 rings (SSSR count). The van der Waals surface area contributed by atoms with Crippen LogP contribution in [0.2, 0.25) is 0 Å². The number of ether oxygens (including phenoxy) is 2. The Morgan fingerprint density at radius 1 is 1.28 bits per heavy atom. The lowest BCUT2D eigenvalue weighted by Gasteiger charge is -2.08. The van der Waals surface area contributed by atoms with Gasteiger partial charge >= 0.3 is 5.97 Å². The zero-order valence-corrected chi connectivity index (χ0v) is 16.7. The number of hydrogen-bond donors (Lipinski definition) is 2. The van der Waals surface area contributed by atoms with Gasteiger partial charge in [-0.2, -0.15) is 5.10 Å². The van der Waals surface area contributed by atoms with E-state index in [-0.39, 0.29) is 18.1 Å². The number of phenols is 1. The fourth-order valence-corrected chi connectivity index (χ4v) is 3.08. The first-order chi connectivity index (χ1) is 14.1. The van der Waals surface area contributed by atoms with E-state index in [1.54, 1.807) is 36.7 Å². The molecule has 0 saturated carbocycles.